The van der Waals surface area contributed by atoms with Crippen LogP contribution in [0.3, 0.4) is 0 Å². The highest BCUT2D eigenvalue weighted by atomic mass is 16.5. The van der Waals surface area contributed by atoms with Gasteiger partial charge in [0.15, 0.2) is 0 Å². The molecule has 1 heterocycles. The van der Waals surface area contributed by atoms with E-state index in [0.29, 0.717) is 19.3 Å². The number of aliphatic hydroxyl groups is 1. The fourth-order valence-electron chi connectivity index (χ4n) is 1.97. The maximum absolute atomic E-state index is 9.65. The van der Waals surface area contributed by atoms with Gasteiger partial charge < -0.3 is 20.5 Å². The number of rotatable bonds is 6. The van der Waals surface area contributed by atoms with Crippen molar-refractivity contribution in [2.24, 2.45) is 5.73 Å². The second kappa shape index (κ2) is 6.55. The summed E-state index contributed by atoms with van der Waals surface area (Å²) >= 11 is 0. The highest BCUT2D eigenvalue weighted by Crippen LogP contribution is 2.16. The van der Waals surface area contributed by atoms with Gasteiger partial charge in [-0.15, -0.1) is 0 Å². The first-order valence-electron chi connectivity index (χ1n) is 6.27. The molecule has 0 bridgehead atoms. The number of piperidine rings is 1. The largest absolute Gasteiger partial charge is 0.390 e. The summed E-state index contributed by atoms with van der Waals surface area (Å²) in [5.74, 6) is 0. The van der Waals surface area contributed by atoms with E-state index < -0.39 is 5.60 Å². The van der Waals surface area contributed by atoms with Crippen LogP contribution in [-0.4, -0.2) is 54.5 Å². The Hall–Kier alpha value is -0.160. The van der Waals surface area contributed by atoms with E-state index in [-0.39, 0.29) is 0 Å². The first kappa shape index (κ1) is 13.9. The van der Waals surface area contributed by atoms with Crippen LogP contribution in [0.2, 0.25) is 0 Å². The van der Waals surface area contributed by atoms with Gasteiger partial charge in [-0.25, -0.2) is 0 Å². The number of nitrogens with two attached hydrogens (primary N) is 1. The molecule has 1 aliphatic rings. The van der Waals surface area contributed by atoms with Crippen LogP contribution < -0.4 is 5.73 Å². The monoisotopic (exact) mass is 230 g/mol. The van der Waals surface area contributed by atoms with Gasteiger partial charge in [-0.2, -0.15) is 0 Å². The molecule has 0 aliphatic carbocycles. The van der Waals surface area contributed by atoms with Crippen molar-refractivity contribution >= 4 is 0 Å². The minimum absolute atomic E-state index is 0.391. The summed E-state index contributed by atoms with van der Waals surface area (Å²) in [6, 6.07) is 0. The van der Waals surface area contributed by atoms with Crippen LogP contribution in [0, 0.1) is 0 Å². The molecule has 0 spiro atoms. The topological polar surface area (TPSA) is 58.7 Å². The number of hydrogen-bond donors (Lipinski definition) is 2. The highest BCUT2D eigenvalue weighted by molar-refractivity contribution is 4.75. The Labute approximate surface area is 98.8 Å². The zero-order valence-corrected chi connectivity index (χ0v) is 10.6. The molecule has 3 N–H and O–H groups in total. The van der Waals surface area contributed by atoms with Crippen molar-refractivity contribution in [1.29, 1.82) is 0 Å². The van der Waals surface area contributed by atoms with Crippen molar-refractivity contribution in [3.05, 3.63) is 0 Å². The average molecular weight is 230 g/mol. The molecule has 0 unspecified atom stereocenters. The minimum atomic E-state index is -0.549. The summed E-state index contributed by atoms with van der Waals surface area (Å²) in [5.41, 5.74) is 4.86. The molecule has 0 aromatic heterocycles. The summed E-state index contributed by atoms with van der Waals surface area (Å²) in [6.45, 7) is 8.14. The van der Waals surface area contributed by atoms with Gasteiger partial charge in [0.1, 0.15) is 0 Å². The summed E-state index contributed by atoms with van der Waals surface area (Å²) in [7, 11) is 0. The lowest BCUT2D eigenvalue weighted by Crippen LogP contribution is -2.39. The molecule has 1 rings (SSSR count). The van der Waals surface area contributed by atoms with Gasteiger partial charge in [0.25, 0.3) is 0 Å². The van der Waals surface area contributed by atoms with Gasteiger partial charge in [0.05, 0.1) is 18.3 Å². The number of hydrogen-bond acceptors (Lipinski definition) is 4. The first-order valence-corrected chi connectivity index (χ1v) is 6.27. The molecule has 96 valence electrons. The predicted octanol–water partition coefficient (Wildman–Crippen LogP) is 0.587. The third kappa shape index (κ3) is 5.80. The molecule has 4 nitrogen and oxygen atoms in total. The zero-order valence-electron chi connectivity index (χ0n) is 10.6. The van der Waals surface area contributed by atoms with E-state index >= 15 is 0 Å². The Kier molecular flexibility index (Phi) is 5.69. The average Bonchev–Trinajstić information content (AvgIpc) is 2.24. The molecule has 16 heavy (non-hydrogen) atoms. The second-order valence-corrected chi connectivity index (χ2v) is 5.26. The van der Waals surface area contributed by atoms with Crippen LogP contribution in [0.1, 0.15) is 33.1 Å². The van der Waals surface area contributed by atoms with E-state index in [1.54, 1.807) is 0 Å². The first-order chi connectivity index (χ1) is 7.51. The molecule has 4 heteroatoms. The highest BCUT2D eigenvalue weighted by Gasteiger charge is 2.21. The zero-order chi connectivity index (χ0) is 12.0. The van der Waals surface area contributed by atoms with Crippen LogP contribution in [0.15, 0.2) is 0 Å². The normalized spacial score (nSPS) is 20.2. The molecule has 1 aliphatic heterocycles. The van der Waals surface area contributed by atoms with E-state index in [1.807, 2.05) is 13.8 Å². The van der Waals surface area contributed by atoms with Crippen molar-refractivity contribution < 1.29 is 9.84 Å². The van der Waals surface area contributed by atoms with Crippen LogP contribution >= 0.6 is 0 Å². The van der Waals surface area contributed by atoms with Crippen LogP contribution in [0.5, 0.6) is 0 Å². The lowest BCUT2D eigenvalue weighted by atomic mass is 10.0. The van der Waals surface area contributed by atoms with Gasteiger partial charge in [-0.1, -0.05) is 0 Å². The minimum Gasteiger partial charge on any atom is -0.390 e. The molecule has 0 amide bonds. The van der Waals surface area contributed by atoms with E-state index in [4.69, 9.17) is 10.5 Å². The van der Waals surface area contributed by atoms with Gasteiger partial charge >= 0.3 is 0 Å². The standard InChI is InChI=1S/C12H26N2O2/c1-12(2,15)5-9-14-7-3-11(4-8-14)16-10-6-13/h11,15H,3-10,13H2,1-2H3. The quantitative estimate of drug-likeness (QED) is 0.701. The van der Waals surface area contributed by atoms with Crippen LogP contribution in [0.25, 0.3) is 0 Å². The van der Waals surface area contributed by atoms with Gasteiger partial charge in [0.2, 0.25) is 0 Å². The smallest absolute Gasteiger partial charge is 0.0603 e. The van der Waals surface area contributed by atoms with Crippen molar-refractivity contribution in [2.75, 3.05) is 32.8 Å². The predicted molar refractivity (Wildman–Crippen MR) is 65.4 cm³/mol. The molecule has 1 saturated heterocycles. The number of nitrogens with zero attached hydrogens (tertiary/aromatic N) is 1. The summed E-state index contributed by atoms with van der Waals surface area (Å²) in [4.78, 5) is 2.40. The molecule has 0 aromatic rings. The maximum atomic E-state index is 9.65. The van der Waals surface area contributed by atoms with Gasteiger partial charge in [-0.3, -0.25) is 0 Å². The lowest BCUT2D eigenvalue weighted by molar-refractivity contribution is 0.00287. The molecular weight excluding hydrogens is 204 g/mol. The molecule has 0 radical (unpaired) electrons. The van der Waals surface area contributed by atoms with Gasteiger partial charge in [-0.05, 0) is 33.1 Å². The number of likely N-dealkylation sites (tertiary alicyclic amines) is 1. The third-order valence-corrected chi connectivity index (χ3v) is 3.05. The van der Waals surface area contributed by atoms with Crippen molar-refractivity contribution in [2.45, 2.75) is 44.8 Å². The fourth-order valence-corrected chi connectivity index (χ4v) is 1.97. The summed E-state index contributed by atoms with van der Waals surface area (Å²) in [6.07, 6.45) is 3.40. The second-order valence-electron chi connectivity index (χ2n) is 5.26. The van der Waals surface area contributed by atoms with E-state index in [1.165, 1.54) is 0 Å². The van der Waals surface area contributed by atoms with Crippen molar-refractivity contribution in [3.63, 3.8) is 0 Å². The Balaban J connectivity index is 2.12. The van der Waals surface area contributed by atoms with Crippen molar-refractivity contribution in [3.8, 4) is 0 Å². The third-order valence-electron chi connectivity index (χ3n) is 3.05. The van der Waals surface area contributed by atoms with E-state index in [9.17, 15) is 5.11 Å². The summed E-state index contributed by atoms with van der Waals surface area (Å²) < 4.78 is 5.62. The SMILES string of the molecule is CC(C)(O)CCN1CCC(OCCN)CC1. The molecular formula is C12H26N2O2. The van der Waals surface area contributed by atoms with E-state index in [2.05, 4.69) is 4.90 Å². The van der Waals surface area contributed by atoms with Crippen LogP contribution in [-0.2, 0) is 4.74 Å². The molecule has 0 saturated carbocycles. The number of ether oxygens (including phenoxy) is 1. The van der Waals surface area contributed by atoms with Crippen LogP contribution in [0.4, 0.5) is 0 Å². The Morgan fingerprint density at radius 1 is 1.38 bits per heavy atom. The Bertz CT molecular complexity index is 184. The molecule has 0 aromatic carbocycles. The van der Waals surface area contributed by atoms with Crippen molar-refractivity contribution in [1.82, 2.24) is 4.90 Å². The van der Waals surface area contributed by atoms with Gasteiger partial charge in [0, 0.05) is 26.2 Å². The van der Waals surface area contributed by atoms with E-state index in [0.717, 1.165) is 38.9 Å². The fraction of sp³-hybridized carbons (Fsp3) is 1.00. The lowest BCUT2D eigenvalue weighted by Gasteiger charge is -2.33. The molecule has 1 fully saturated rings. The summed E-state index contributed by atoms with van der Waals surface area (Å²) in [5, 5.41) is 9.65. The molecule has 0 atom stereocenters. The Morgan fingerprint density at radius 3 is 2.50 bits per heavy atom. The maximum Gasteiger partial charge on any atom is 0.0603 e. The Morgan fingerprint density at radius 2 is 2.00 bits per heavy atom.